The van der Waals surface area contributed by atoms with Gasteiger partial charge in [0, 0.05) is 23.5 Å². The maximum Gasteiger partial charge on any atom is 0.186 e. The van der Waals surface area contributed by atoms with E-state index in [4.69, 9.17) is 4.98 Å². The van der Waals surface area contributed by atoms with Gasteiger partial charge in [0.15, 0.2) is 5.13 Å². The monoisotopic (exact) mass is 305 g/mol. The zero-order valence-corrected chi connectivity index (χ0v) is 13.9. The van der Waals surface area contributed by atoms with E-state index >= 15 is 0 Å². The van der Waals surface area contributed by atoms with Gasteiger partial charge >= 0.3 is 0 Å². The molecule has 1 aliphatic heterocycles. The van der Waals surface area contributed by atoms with E-state index in [1.54, 1.807) is 0 Å². The number of rotatable bonds is 2. The van der Waals surface area contributed by atoms with Crippen molar-refractivity contribution >= 4 is 16.5 Å². The molecule has 3 nitrogen and oxygen atoms in total. The standard InChI is InChI=1S/C17H27N3S/c1-18-13-8-4-9-14-16(13)21-17(19-14)20-11-5-7-12-6-2-3-10-15(12)20/h12-13,15,18H,2-11H2,1H3. The van der Waals surface area contributed by atoms with Gasteiger partial charge < -0.3 is 10.2 Å². The molecule has 3 aliphatic rings. The third-order valence-electron chi connectivity index (χ3n) is 5.78. The maximum atomic E-state index is 5.07. The van der Waals surface area contributed by atoms with Crippen molar-refractivity contribution in [3.8, 4) is 0 Å². The summed E-state index contributed by atoms with van der Waals surface area (Å²) in [7, 11) is 2.09. The predicted molar refractivity (Wildman–Crippen MR) is 89.2 cm³/mol. The van der Waals surface area contributed by atoms with Crippen molar-refractivity contribution in [2.75, 3.05) is 18.5 Å². The third kappa shape index (κ3) is 2.50. The zero-order chi connectivity index (χ0) is 14.2. The predicted octanol–water partition coefficient (Wildman–Crippen LogP) is 3.90. The molecule has 1 aromatic rings. The molecule has 4 rings (SSSR count). The fourth-order valence-electron chi connectivity index (χ4n) is 4.67. The van der Waals surface area contributed by atoms with Crippen molar-refractivity contribution in [1.29, 1.82) is 0 Å². The van der Waals surface area contributed by atoms with Crippen LogP contribution in [0, 0.1) is 5.92 Å². The van der Waals surface area contributed by atoms with E-state index in [0.717, 1.165) is 12.0 Å². The first-order valence-electron chi connectivity index (χ1n) is 8.80. The van der Waals surface area contributed by atoms with Crippen LogP contribution in [-0.2, 0) is 6.42 Å². The summed E-state index contributed by atoms with van der Waals surface area (Å²) in [4.78, 5) is 9.28. The molecule has 3 atom stereocenters. The Labute approximate surface area is 132 Å². The van der Waals surface area contributed by atoms with Gasteiger partial charge in [-0.05, 0) is 57.9 Å². The Morgan fingerprint density at radius 2 is 1.95 bits per heavy atom. The minimum atomic E-state index is 0.548. The minimum Gasteiger partial charge on any atom is -0.345 e. The first-order valence-corrected chi connectivity index (χ1v) is 9.62. The summed E-state index contributed by atoms with van der Waals surface area (Å²) in [5.41, 5.74) is 1.39. The Hall–Kier alpha value is -0.610. The molecular formula is C17H27N3S. The number of fused-ring (bicyclic) bond motifs is 2. The summed E-state index contributed by atoms with van der Waals surface area (Å²) >= 11 is 1.98. The lowest BCUT2D eigenvalue weighted by atomic mass is 9.78. The van der Waals surface area contributed by atoms with Crippen LogP contribution in [0.1, 0.15) is 68.0 Å². The van der Waals surface area contributed by atoms with Gasteiger partial charge in [0.05, 0.1) is 5.69 Å². The van der Waals surface area contributed by atoms with Crippen molar-refractivity contribution < 1.29 is 0 Å². The van der Waals surface area contributed by atoms with Crippen LogP contribution in [0.5, 0.6) is 0 Å². The number of aryl methyl sites for hydroxylation is 1. The van der Waals surface area contributed by atoms with Gasteiger partial charge in [-0.2, -0.15) is 0 Å². The summed E-state index contributed by atoms with van der Waals surface area (Å²) < 4.78 is 0. The SMILES string of the molecule is CNC1CCCc2nc(N3CCCC4CCCCC43)sc21. The smallest absolute Gasteiger partial charge is 0.186 e. The second-order valence-corrected chi connectivity index (χ2v) is 8.00. The molecule has 21 heavy (non-hydrogen) atoms. The Bertz CT molecular complexity index is 496. The number of hydrogen-bond donors (Lipinski definition) is 1. The molecule has 0 radical (unpaired) electrons. The van der Waals surface area contributed by atoms with Gasteiger partial charge in [-0.15, -0.1) is 0 Å². The largest absolute Gasteiger partial charge is 0.345 e. The van der Waals surface area contributed by atoms with Crippen molar-refractivity contribution in [3.63, 3.8) is 0 Å². The second-order valence-electron chi connectivity index (χ2n) is 6.99. The first-order chi connectivity index (χ1) is 10.4. The maximum absolute atomic E-state index is 5.07. The average molecular weight is 305 g/mol. The van der Waals surface area contributed by atoms with Crippen LogP contribution >= 0.6 is 11.3 Å². The molecule has 2 fully saturated rings. The molecule has 3 unspecified atom stereocenters. The summed E-state index contributed by atoms with van der Waals surface area (Å²) in [6, 6.07) is 1.33. The lowest BCUT2D eigenvalue weighted by Gasteiger charge is -2.44. The van der Waals surface area contributed by atoms with E-state index in [1.165, 1.54) is 80.0 Å². The van der Waals surface area contributed by atoms with Gasteiger partial charge in [0.2, 0.25) is 0 Å². The van der Waals surface area contributed by atoms with Gasteiger partial charge in [-0.25, -0.2) is 4.98 Å². The molecule has 4 heteroatoms. The summed E-state index contributed by atoms with van der Waals surface area (Å²) in [5, 5.41) is 4.82. The highest BCUT2D eigenvalue weighted by atomic mass is 32.1. The van der Waals surface area contributed by atoms with Crippen molar-refractivity contribution in [1.82, 2.24) is 10.3 Å². The Kier molecular flexibility index (Phi) is 3.92. The lowest BCUT2D eigenvalue weighted by Crippen LogP contribution is -2.46. The molecule has 0 aromatic carbocycles. The molecule has 1 saturated heterocycles. The summed E-state index contributed by atoms with van der Waals surface area (Å²) in [6.45, 7) is 1.23. The van der Waals surface area contributed by atoms with Crippen LogP contribution in [-0.4, -0.2) is 24.6 Å². The highest BCUT2D eigenvalue weighted by Gasteiger charge is 2.35. The highest BCUT2D eigenvalue weighted by molar-refractivity contribution is 7.15. The number of nitrogens with zero attached hydrogens (tertiary/aromatic N) is 2. The van der Waals surface area contributed by atoms with E-state index in [2.05, 4.69) is 17.3 Å². The van der Waals surface area contributed by atoms with Gasteiger partial charge in [-0.3, -0.25) is 0 Å². The average Bonchev–Trinajstić information content (AvgIpc) is 2.98. The van der Waals surface area contributed by atoms with E-state index < -0.39 is 0 Å². The Morgan fingerprint density at radius 3 is 2.86 bits per heavy atom. The van der Waals surface area contributed by atoms with Crippen molar-refractivity contribution in [2.24, 2.45) is 5.92 Å². The van der Waals surface area contributed by atoms with Crippen LogP contribution < -0.4 is 10.2 Å². The summed E-state index contributed by atoms with van der Waals surface area (Å²) in [5.74, 6) is 0.938. The fourth-order valence-corrected chi connectivity index (χ4v) is 6.01. The Balaban J connectivity index is 1.62. The molecule has 1 N–H and O–H groups in total. The lowest BCUT2D eigenvalue weighted by molar-refractivity contribution is 0.243. The normalized spacial score (nSPS) is 32.6. The number of hydrogen-bond acceptors (Lipinski definition) is 4. The van der Waals surface area contributed by atoms with Gasteiger partial charge in [0.25, 0.3) is 0 Å². The molecule has 2 heterocycles. The molecule has 1 saturated carbocycles. The molecular weight excluding hydrogens is 278 g/mol. The number of piperidine rings is 1. The van der Waals surface area contributed by atoms with Crippen molar-refractivity contribution in [3.05, 3.63) is 10.6 Å². The quantitative estimate of drug-likeness (QED) is 0.898. The van der Waals surface area contributed by atoms with Gasteiger partial charge in [-0.1, -0.05) is 24.2 Å². The number of thiazole rings is 1. The molecule has 0 spiro atoms. The minimum absolute atomic E-state index is 0.548. The third-order valence-corrected chi connectivity index (χ3v) is 7.02. The number of nitrogens with one attached hydrogen (secondary N) is 1. The Morgan fingerprint density at radius 1 is 1.10 bits per heavy atom. The molecule has 116 valence electrons. The van der Waals surface area contributed by atoms with Gasteiger partial charge in [0.1, 0.15) is 0 Å². The van der Waals surface area contributed by atoms with E-state index in [-0.39, 0.29) is 0 Å². The van der Waals surface area contributed by atoms with Crippen LogP contribution in [0.3, 0.4) is 0 Å². The molecule has 0 amide bonds. The molecule has 1 aromatic heterocycles. The second kappa shape index (κ2) is 5.88. The summed E-state index contributed by atoms with van der Waals surface area (Å²) in [6.07, 6.45) is 12.3. The zero-order valence-electron chi connectivity index (χ0n) is 13.1. The highest BCUT2D eigenvalue weighted by Crippen LogP contribution is 2.42. The topological polar surface area (TPSA) is 28.2 Å². The van der Waals surface area contributed by atoms with Crippen LogP contribution in [0.4, 0.5) is 5.13 Å². The first kappa shape index (κ1) is 14.0. The number of anilines is 1. The van der Waals surface area contributed by atoms with E-state index in [1.807, 2.05) is 11.3 Å². The molecule has 2 aliphatic carbocycles. The molecule has 0 bridgehead atoms. The van der Waals surface area contributed by atoms with E-state index in [0.29, 0.717) is 6.04 Å². The van der Waals surface area contributed by atoms with Crippen LogP contribution in [0.2, 0.25) is 0 Å². The van der Waals surface area contributed by atoms with Crippen LogP contribution in [0.15, 0.2) is 0 Å². The van der Waals surface area contributed by atoms with Crippen LogP contribution in [0.25, 0.3) is 0 Å². The van der Waals surface area contributed by atoms with E-state index in [9.17, 15) is 0 Å². The fraction of sp³-hybridized carbons (Fsp3) is 0.824. The number of aromatic nitrogens is 1. The van der Waals surface area contributed by atoms with Crippen molar-refractivity contribution in [2.45, 2.75) is 69.9 Å².